The number of ether oxygens (including phenoxy) is 2. The number of methoxy groups -OCH3 is 2. The molecule has 0 saturated carbocycles. The lowest BCUT2D eigenvalue weighted by Gasteiger charge is -2.14. The second-order valence-corrected chi connectivity index (χ2v) is 7.43. The van der Waals surface area contributed by atoms with Crippen LogP contribution in [-0.2, 0) is 10.0 Å². The largest absolute Gasteiger partial charge is 0.507 e. The molecule has 0 saturated heterocycles. The summed E-state index contributed by atoms with van der Waals surface area (Å²) in [5.41, 5.74) is 0.857. The van der Waals surface area contributed by atoms with Crippen LogP contribution >= 0.6 is 0 Å². The summed E-state index contributed by atoms with van der Waals surface area (Å²) in [5, 5.41) is 9.88. The summed E-state index contributed by atoms with van der Waals surface area (Å²) in [6, 6.07) is 9.33. The first-order valence-electron chi connectivity index (χ1n) is 7.31. The first-order chi connectivity index (χ1) is 11.8. The van der Waals surface area contributed by atoms with Crippen LogP contribution in [0.5, 0.6) is 17.2 Å². The Bertz CT molecular complexity index is 892. The van der Waals surface area contributed by atoms with Crippen molar-refractivity contribution in [1.29, 1.82) is 0 Å². The molecule has 2 aromatic carbocycles. The molecule has 0 aliphatic rings. The molecule has 0 radical (unpaired) electrons. The minimum atomic E-state index is -3.68. The van der Waals surface area contributed by atoms with Crippen molar-refractivity contribution < 1.29 is 23.0 Å². The molecule has 25 heavy (non-hydrogen) atoms. The Morgan fingerprint density at radius 2 is 1.80 bits per heavy atom. The van der Waals surface area contributed by atoms with E-state index >= 15 is 0 Å². The SMILES string of the molecule is COc1ccc(O)c(C=Nc2ccc(OC)c(S(=O)(=O)N(C)C)c2)c1. The molecule has 2 rings (SSSR count). The van der Waals surface area contributed by atoms with E-state index < -0.39 is 10.0 Å². The molecule has 0 amide bonds. The van der Waals surface area contributed by atoms with Crippen LogP contribution in [0, 0.1) is 0 Å². The van der Waals surface area contributed by atoms with Crippen molar-refractivity contribution in [3.8, 4) is 17.2 Å². The topological polar surface area (TPSA) is 88.4 Å². The fraction of sp³-hybridized carbons (Fsp3) is 0.235. The molecule has 134 valence electrons. The van der Waals surface area contributed by atoms with Gasteiger partial charge < -0.3 is 14.6 Å². The Morgan fingerprint density at radius 1 is 1.08 bits per heavy atom. The number of nitrogens with zero attached hydrogens (tertiary/aromatic N) is 2. The van der Waals surface area contributed by atoms with Crippen molar-refractivity contribution in [2.45, 2.75) is 4.90 Å². The predicted molar refractivity (Wildman–Crippen MR) is 95.8 cm³/mol. The van der Waals surface area contributed by atoms with Crippen molar-refractivity contribution in [2.75, 3.05) is 28.3 Å². The molecular weight excluding hydrogens is 344 g/mol. The average Bonchev–Trinajstić information content (AvgIpc) is 2.60. The second kappa shape index (κ2) is 7.54. The van der Waals surface area contributed by atoms with Gasteiger partial charge in [-0.2, -0.15) is 0 Å². The van der Waals surface area contributed by atoms with Crippen LogP contribution in [0.1, 0.15) is 5.56 Å². The molecule has 0 heterocycles. The lowest BCUT2D eigenvalue weighted by atomic mass is 10.2. The smallest absolute Gasteiger partial charge is 0.246 e. The molecule has 2 aromatic rings. The summed E-state index contributed by atoms with van der Waals surface area (Å²) in [7, 11) is 2.14. The molecule has 0 bridgehead atoms. The monoisotopic (exact) mass is 364 g/mol. The van der Waals surface area contributed by atoms with Gasteiger partial charge in [0.15, 0.2) is 0 Å². The van der Waals surface area contributed by atoms with Crippen molar-refractivity contribution in [2.24, 2.45) is 4.99 Å². The van der Waals surface area contributed by atoms with Gasteiger partial charge in [-0.1, -0.05) is 0 Å². The Balaban J connectivity index is 2.45. The van der Waals surface area contributed by atoms with Gasteiger partial charge in [0.1, 0.15) is 22.1 Å². The van der Waals surface area contributed by atoms with Crippen molar-refractivity contribution >= 4 is 21.9 Å². The Hall–Kier alpha value is -2.58. The number of benzene rings is 2. The second-order valence-electron chi connectivity index (χ2n) is 5.31. The quantitative estimate of drug-likeness (QED) is 0.795. The zero-order valence-electron chi connectivity index (χ0n) is 14.4. The number of phenols is 1. The van der Waals surface area contributed by atoms with Gasteiger partial charge in [0.2, 0.25) is 10.0 Å². The number of hydrogen-bond acceptors (Lipinski definition) is 6. The van der Waals surface area contributed by atoms with Gasteiger partial charge in [0.25, 0.3) is 0 Å². The molecule has 0 spiro atoms. The molecule has 0 unspecified atom stereocenters. The summed E-state index contributed by atoms with van der Waals surface area (Å²) < 4.78 is 36.2. The van der Waals surface area contributed by atoms with Crippen LogP contribution in [0.15, 0.2) is 46.3 Å². The van der Waals surface area contributed by atoms with Crippen LogP contribution in [0.25, 0.3) is 0 Å². The van der Waals surface area contributed by atoms with Gasteiger partial charge in [0.05, 0.1) is 19.9 Å². The number of aliphatic imine (C=N–C) groups is 1. The van der Waals surface area contributed by atoms with Crippen LogP contribution in [-0.4, -0.2) is 52.4 Å². The summed E-state index contributed by atoms with van der Waals surface area (Å²) >= 11 is 0. The standard InChI is InChI=1S/C17H20N2O5S/c1-19(2)25(21,22)17-10-13(5-8-16(17)24-4)18-11-12-9-14(23-3)6-7-15(12)20/h5-11,20H,1-4H3. The Kier molecular flexibility index (Phi) is 5.66. The minimum Gasteiger partial charge on any atom is -0.507 e. The normalized spacial score (nSPS) is 11.9. The maximum Gasteiger partial charge on any atom is 0.246 e. The van der Waals surface area contributed by atoms with E-state index in [9.17, 15) is 13.5 Å². The highest BCUT2D eigenvalue weighted by Gasteiger charge is 2.22. The summed E-state index contributed by atoms with van der Waals surface area (Å²) in [6.07, 6.45) is 1.44. The van der Waals surface area contributed by atoms with E-state index in [2.05, 4.69) is 4.99 Å². The maximum atomic E-state index is 12.4. The van der Waals surface area contributed by atoms with E-state index in [0.717, 1.165) is 4.31 Å². The molecular formula is C17H20N2O5S. The zero-order valence-corrected chi connectivity index (χ0v) is 15.2. The molecule has 8 heteroatoms. The Morgan fingerprint density at radius 3 is 2.40 bits per heavy atom. The fourth-order valence-corrected chi connectivity index (χ4v) is 3.12. The van der Waals surface area contributed by atoms with Gasteiger partial charge in [-0.15, -0.1) is 0 Å². The van der Waals surface area contributed by atoms with E-state index in [4.69, 9.17) is 9.47 Å². The highest BCUT2D eigenvalue weighted by Crippen LogP contribution is 2.30. The number of hydrogen-bond donors (Lipinski definition) is 1. The van der Waals surface area contributed by atoms with Gasteiger partial charge in [-0.25, -0.2) is 12.7 Å². The Labute approximate surface area is 147 Å². The maximum absolute atomic E-state index is 12.4. The van der Waals surface area contributed by atoms with E-state index in [0.29, 0.717) is 17.0 Å². The van der Waals surface area contributed by atoms with Crippen molar-refractivity contribution in [3.05, 3.63) is 42.0 Å². The summed E-state index contributed by atoms with van der Waals surface area (Å²) in [4.78, 5) is 4.26. The van der Waals surface area contributed by atoms with Crippen LogP contribution < -0.4 is 9.47 Å². The highest BCUT2D eigenvalue weighted by molar-refractivity contribution is 7.89. The number of sulfonamides is 1. The van der Waals surface area contributed by atoms with E-state index in [1.165, 1.54) is 52.7 Å². The molecule has 1 N–H and O–H groups in total. The van der Waals surface area contributed by atoms with Crippen molar-refractivity contribution in [3.63, 3.8) is 0 Å². The fourth-order valence-electron chi connectivity index (χ4n) is 2.05. The van der Waals surface area contributed by atoms with Gasteiger partial charge in [-0.3, -0.25) is 4.99 Å². The lowest BCUT2D eigenvalue weighted by Crippen LogP contribution is -2.22. The zero-order chi connectivity index (χ0) is 18.6. The average molecular weight is 364 g/mol. The number of rotatable bonds is 6. The molecule has 0 fully saturated rings. The van der Waals surface area contributed by atoms with Crippen LogP contribution in [0.3, 0.4) is 0 Å². The summed E-state index contributed by atoms with van der Waals surface area (Å²) in [6.45, 7) is 0. The van der Waals surface area contributed by atoms with E-state index in [-0.39, 0.29) is 16.4 Å². The number of aromatic hydroxyl groups is 1. The molecule has 0 aliphatic carbocycles. The van der Waals surface area contributed by atoms with Gasteiger partial charge >= 0.3 is 0 Å². The van der Waals surface area contributed by atoms with E-state index in [1.807, 2.05) is 0 Å². The molecule has 7 nitrogen and oxygen atoms in total. The van der Waals surface area contributed by atoms with Crippen molar-refractivity contribution in [1.82, 2.24) is 4.31 Å². The first kappa shape index (κ1) is 18.8. The molecule has 0 aliphatic heterocycles. The molecule has 0 atom stereocenters. The molecule has 0 aromatic heterocycles. The van der Waals surface area contributed by atoms with Gasteiger partial charge in [0, 0.05) is 25.9 Å². The van der Waals surface area contributed by atoms with Crippen LogP contribution in [0.2, 0.25) is 0 Å². The predicted octanol–water partition coefficient (Wildman–Crippen LogP) is 2.41. The first-order valence-corrected chi connectivity index (χ1v) is 8.75. The van der Waals surface area contributed by atoms with Gasteiger partial charge in [-0.05, 0) is 36.4 Å². The third kappa shape index (κ3) is 4.09. The third-order valence-electron chi connectivity index (χ3n) is 3.49. The lowest BCUT2D eigenvalue weighted by molar-refractivity contribution is 0.400. The highest BCUT2D eigenvalue weighted by atomic mass is 32.2. The van der Waals surface area contributed by atoms with Crippen LogP contribution in [0.4, 0.5) is 5.69 Å². The summed E-state index contributed by atoms with van der Waals surface area (Å²) in [5.74, 6) is 0.848. The minimum absolute atomic E-state index is 0.0181. The number of phenolic OH excluding ortho intramolecular Hbond substituents is 1. The third-order valence-corrected chi connectivity index (χ3v) is 5.33. The van der Waals surface area contributed by atoms with E-state index in [1.54, 1.807) is 18.2 Å².